The lowest BCUT2D eigenvalue weighted by atomic mass is 10.1. The minimum atomic E-state index is 0.872. The summed E-state index contributed by atoms with van der Waals surface area (Å²) in [5.74, 6) is 0.936. The molecule has 5 nitrogen and oxygen atoms in total. The molecule has 0 atom stereocenters. The standard InChI is InChI=1S/C15H19N5/c1-2-12-3-5-13(6-4-12)14-15(17-11-18-19-14)20-9-7-16-8-10-20/h3-6,11,16H,2,7-10H2,1H3. The summed E-state index contributed by atoms with van der Waals surface area (Å²) in [5.41, 5.74) is 3.28. The lowest BCUT2D eigenvalue weighted by molar-refractivity contribution is 0.583. The molecular weight excluding hydrogens is 250 g/mol. The van der Waals surface area contributed by atoms with E-state index < -0.39 is 0 Å². The number of benzene rings is 1. The Labute approximate surface area is 119 Å². The van der Waals surface area contributed by atoms with E-state index in [1.807, 2.05) is 0 Å². The molecule has 1 aromatic carbocycles. The molecule has 20 heavy (non-hydrogen) atoms. The van der Waals surface area contributed by atoms with Gasteiger partial charge in [0, 0.05) is 31.7 Å². The van der Waals surface area contributed by atoms with Gasteiger partial charge in [-0.1, -0.05) is 31.2 Å². The zero-order valence-electron chi connectivity index (χ0n) is 11.7. The van der Waals surface area contributed by atoms with Gasteiger partial charge in [-0.05, 0) is 12.0 Å². The van der Waals surface area contributed by atoms with Gasteiger partial charge in [-0.2, -0.15) is 0 Å². The van der Waals surface area contributed by atoms with E-state index in [-0.39, 0.29) is 0 Å². The Balaban J connectivity index is 1.95. The fraction of sp³-hybridized carbons (Fsp3) is 0.400. The van der Waals surface area contributed by atoms with E-state index in [0.717, 1.165) is 49.7 Å². The summed E-state index contributed by atoms with van der Waals surface area (Å²) in [7, 11) is 0. The van der Waals surface area contributed by atoms with Gasteiger partial charge in [0.05, 0.1) is 0 Å². The van der Waals surface area contributed by atoms with Crippen LogP contribution >= 0.6 is 0 Å². The fourth-order valence-corrected chi connectivity index (χ4v) is 2.46. The predicted octanol–water partition coefficient (Wildman–Crippen LogP) is 1.51. The van der Waals surface area contributed by atoms with Crippen molar-refractivity contribution in [3.05, 3.63) is 36.2 Å². The fourth-order valence-electron chi connectivity index (χ4n) is 2.46. The molecule has 0 radical (unpaired) electrons. The van der Waals surface area contributed by atoms with Crippen LogP contribution in [0.2, 0.25) is 0 Å². The molecule has 0 spiro atoms. The lowest BCUT2D eigenvalue weighted by Gasteiger charge is -2.29. The van der Waals surface area contributed by atoms with Crippen LogP contribution in [0.15, 0.2) is 30.6 Å². The van der Waals surface area contributed by atoms with Gasteiger partial charge in [0.2, 0.25) is 0 Å². The molecule has 2 heterocycles. The van der Waals surface area contributed by atoms with E-state index in [9.17, 15) is 0 Å². The molecule has 1 N–H and O–H groups in total. The molecule has 1 aromatic heterocycles. The summed E-state index contributed by atoms with van der Waals surface area (Å²) in [6, 6.07) is 8.50. The SMILES string of the molecule is CCc1ccc(-c2nncnc2N2CCNCC2)cc1. The van der Waals surface area contributed by atoms with Crippen molar-refractivity contribution in [2.75, 3.05) is 31.1 Å². The van der Waals surface area contributed by atoms with E-state index >= 15 is 0 Å². The molecule has 1 aliphatic rings. The second-order valence-electron chi connectivity index (χ2n) is 4.92. The molecule has 0 aliphatic carbocycles. The zero-order valence-corrected chi connectivity index (χ0v) is 11.7. The van der Waals surface area contributed by atoms with E-state index in [4.69, 9.17) is 0 Å². The largest absolute Gasteiger partial charge is 0.352 e. The third-order valence-corrected chi connectivity index (χ3v) is 3.65. The average Bonchev–Trinajstić information content (AvgIpc) is 2.56. The van der Waals surface area contributed by atoms with Gasteiger partial charge in [0.15, 0.2) is 5.82 Å². The lowest BCUT2D eigenvalue weighted by Crippen LogP contribution is -2.44. The molecule has 2 aromatic rings. The first-order valence-corrected chi connectivity index (χ1v) is 7.11. The number of aromatic nitrogens is 3. The number of piperazine rings is 1. The van der Waals surface area contributed by atoms with Crippen LogP contribution in [0, 0.1) is 0 Å². The molecule has 5 heteroatoms. The minimum Gasteiger partial charge on any atom is -0.352 e. The minimum absolute atomic E-state index is 0.872. The van der Waals surface area contributed by atoms with Crippen LogP contribution in [0.1, 0.15) is 12.5 Å². The maximum absolute atomic E-state index is 4.45. The second-order valence-corrected chi connectivity index (χ2v) is 4.92. The molecule has 1 fully saturated rings. The van der Waals surface area contributed by atoms with Crippen molar-refractivity contribution >= 4 is 5.82 Å². The Bertz CT molecular complexity index is 561. The number of anilines is 1. The van der Waals surface area contributed by atoms with Crippen molar-refractivity contribution in [1.82, 2.24) is 20.5 Å². The molecule has 3 rings (SSSR count). The van der Waals surface area contributed by atoms with Crippen molar-refractivity contribution in [2.45, 2.75) is 13.3 Å². The maximum Gasteiger partial charge on any atom is 0.159 e. The first kappa shape index (κ1) is 13.0. The van der Waals surface area contributed by atoms with Gasteiger partial charge in [0.1, 0.15) is 12.0 Å². The highest BCUT2D eigenvalue weighted by Crippen LogP contribution is 2.26. The van der Waals surface area contributed by atoms with Gasteiger partial charge in [0.25, 0.3) is 0 Å². The second kappa shape index (κ2) is 5.96. The monoisotopic (exact) mass is 269 g/mol. The van der Waals surface area contributed by atoms with Crippen LogP contribution in [0.3, 0.4) is 0 Å². The summed E-state index contributed by atoms with van der Waals surface area (Å²) in [6.45, 7) is 6.04. The highest BCUT2D eigenvalue weighted by atomic mass is 15.3. The van der Waals surface area contributed by atoms with Crippen molar-refractivity contribution in [1.29, 1.82) is 0 Å². The summed E-state index contributed by atoms with van der Waals surface area (Å²) >= 11 is 0. The van der Waals surface area contributed by atoms with E-state index in [0.29, 0.717) is 0 Å². The highest BCUT2D eigenvalue weighted by Gasteiger charge is 2.17. The van der Waals surface area contributed by atoms with E-state index in [1.165, 1.54) is 11.9 Å². The third-order valence-electron chi connectivity index (χ3n) is 3.65. The smallest absolute Gasteiger partial charge is 0.159 e. The molecule has 0 amide bonds. The zero-order chi connectivity index (χ0) is 13.8. The highest BCUT2D eigenvalue weighted by molar-refractivity contribution is 5.71. The predicted molar refractivity (Wildman–Crippen MR) is 79.7 cm³/mol. The normalized spacial score (nSPS) is 15.3. The summed E-state index contributed by atoms with van der Waals surface area (Å²) < 4.78 is 0. The first-order valence-electron chi connectivity index (χ1n) is 7.11. The van der Waals surface area contributed by atoms with Gasteiger partial charge in [-0.3, -0.25) is 0 Å². The van der Waals surface area contributed by atoms with Crippen LogP contribution < -0.4 is 10.2 Å². The number of rotatable bonds is 3. The molecule has 0 saturated carbocycles. The Morgan fingerprint density at radius 2 is 1.90 bits per heavy atom. The van der Waals surface area contributed by atoms with Crippen LogP contribution in [0.4, 0.5) is 5.82 Å². The quantitative estimate of drug-likeness (QED) is 0.915. The molecule has 0 unspecified atom stereocenters. The molecule has 1 saturated heterocycles. The van der Waals surface area contributed by atoms with E-state index in [2.05, 4.69) is 56.6 Å². The summed E-state index contributed by atoms with van der Waals surface area (Å²) in [5, 5.41) is 11.6. The Hall–Kier alpha value is -2.01. The van der Waals surface area contributed by atoms with Crippen molar-refractivity contribution < 1.29 is 0 Å². The van der Waals surface area contributed by atoms with Crippen LogP contribution in [0.5, 0.6) is 0 Å². The third kappa shape index (κ3) is 2.63. The molecule has 104 valence electrons. The number of aryl methyl sites for hydroxylation is 1. The Kier molecular flexibility index (Phi) is 3.87. The number of nitrogens with one attached hydrogen (secondary N) is 1. The van der Waals surface area contributed by atoms with E-state index in [1.54, 1.807) is 0 Å². The van der Waals surface area contributed by atoms with Gasteiger partial charge < -0.3 is 10.2 Å². The van der Waals surface area contributed by atoms with Crippen molar-refractivity contribution in [2.24, 2.45) is 0 Å². The topological polar surface area (TPSA) is 53.9 Å². The van der Waals surface area contributed by atoms with Crippen LogP contribution in [0.25, 0.3) is 11.3 Å². The molecule has 1 aliphatic heterocycles. The Morgan fingerprint density at radius 1 is 1.15 bits per heavy atom. The summed E-state index contributed by atoms with van der Waals surface area (Å²) in [4.78, 5) is 6.72. The van der Waals surface area contributed by atoms with Crippen LogP contribution in [-0.2, 0) is 6.42 Å². The summed E-state index contributed by atoms with van der Waals surface area (Å²) in [6.07, 6.45) is 2.57. The van der Waals surface area contributed by atoms with Gasteiger partial charge >= 0.3 is 0 Å². The van der Waals surface area contributed by atoms with Gasteiger partial charge in [-0.25, -0.2) is 4.98 Å². The molecule has 0 bridgehead atoms. The number of hydrogen-bond donors (Lipinski definition) is 1. The van der Waals surface area contributed by atoms with Crippen molar-refractivity contribution in [3.63, 3.8) is 0 Å². The first-order chi connectivity index (χ1) is 9.88. The number of hydrogen-bond acceptors (Lipinski definition) is 5. The van der Waals surface area contributed by atoms with Gasteiger partial charge in [-0.15, -0.1) is 10.2 Å². The molecular formula is C15H19N5. The average molecular weight is 269 g/mol. The van der Waals surface area contributed by atoms with Crippen LogP contribution in [-0.4, -0.2) is 41.4 Å². The number of nitrogens with zero attached hydrogens (tertiary/aromatic N) is 4. The van der Waals surface area contributed by atoms with Crippen molar-refractivity contribution in [3.8, 4) is 11.3 Å². The maximum atomic E-state index is 4.45. The Morgan fingerprint density at radius 3 is 2.60 bits per heavy atom.